The highest BCUT2D eigenvalue weighted by atomic mass is 35.5. The number of carbonyl (C=O) groups is 1. The summed E-state index contributed by atoms with van der Waals surface area (Å²) in [4.78, 5) is 12.2. The van der Waals surface area contributed by atoms with E-state index in [-0.39, 0.29) is 10.9 Å². The van der Waals surface area contributed by atoms with Gasteiger partial charge < -0.3 is 15.8 Å². The van der Waals surface area contributed by atoms with Crippen LogP contribution in [0.5, 0.6) is 5.75 Å². The molecule has 0 aliphatic carbocycles. The molecule has 0 saturated carbocycles. The molecule has 0 fully saturated rings. The predicted octanol–water partition coefficient (Wildman–Crippen LogP) is 3.84. The molecule has 0 spiro atoms. The Morgan fingerprint density at radius 3 is 2.65 bits per heavy atom. The van der Waals surface area contributed by atoms with Gasteiger partial charge in [-0.25, -0.2) is 0 Å². The zero-order valence-corrected chi connectivity index (χ0v) is 12.1. The average molecular weight is 311 g/mol. The molecule has 0 bridgehead atoms. The van der Waals surface area contributed by atoms with E-state index in [1.165, 1.54) is 19.2 Å². The maximum atomic E-state index is 12.2. The van der Waals surface area contributed by atoms with E-state index in [4.69, 9.17) is 33.7 Å². The van der Waals surface area contributed by atoms with Gasteiger partial charge in [-0.3, -0.25) is 4.79 Å². The number of hydrogen-bond donors (Lipinski definition) is 2. The average Bonchev–Trinajstić information content (AvgIpc) is 2.42. The van der Waals surface area contributed by atoms with Crippen molar-refractivity contribution < 1.29 is 9.53 Å². The van der Waals surface area contributed by atoms with E-state index in [0.29, 0.717) is 27.7 Å². The van der Waals surface area contributed by atoms with Crippen LogP contribution in [0.3, 0.4) is 0 Å². The van der Waals surface area contributed by atoms with Gasteiger partial charge in [0.1, 0.15) is 5.75 Å². The van der Waals surface area contributed by atoms with Crippen LogP contribution in [0.15, 0.2) is 36.4 Å². The Kier molecular flexibility index (Phi) is 4.37. The largest absolute Gasteiger partial charge is 0.497 e. The van der Waals surface area contributed by atoms with Crippen molar-refractivity contribution in [2.45, 2.75) is 0 Å². The Hall–Kier alpha value is -1.91. The second-order valence-electron chi connectivity index (χ2n) is 4.04. The number of hydrogen-bond acceptors (Lipinski definition) is 3. The third-order valence-corrected chi connectivity index (χ3v) is 3.17. The topological polar surface area (TPSA) is 64.3 Å². The van der Waals surface area contributed by atoms with Crippen molar-refractivity contribution in [3.05, 3.63) is 52.0 Å². The van der Waals surface area contributed by atoms with Crippen LogP contribution >= 0.6 is 23.2 Å². The predicted molar refractivity (Wildman–Crippen MR) is 81.8 cm³/mol. The van der Waals surface area contributed by atoms with Gasteiger partial charge in [-0.1, -0.05) is 29.3 Å². The molecule has 2 rings (SSSR count). The lowest BCUT2D eigenvalue weighted by Gasteiger charge is -2.11. The molecule has 0 radical (unpaired) electrons. The molecule has 2 aromatic rings. The zero-order chi connectivity index (χ0) is 14.7. The number of rotatable bonds is 3. The molecule has 4 nitrogen and oxygen atoms in total. The zero-order valence-electron chi connectivity index (χ0n) is 10.6. The van der Waals surface area contributed by atoms with Gasteiger partial charge in [-0.2, -0.15) is 0 Å². The standard InChI is InChI=1S/C14H12Cl2N2O2/c1-20-10-4-2-3-8(5-10)14(19)18-13-11(16)6-9(15)7-12(13)17/h2-7H,17H2,1H3,(H,18,19). The Morgan fingerprint density at radius 1 is 1.25 bits per heavy atom. The molecule has 0 aliphatic heterocycles. The fourth-order valence-electron chi connectivity index (χ4n) is 1.68. The second-order valence-corrected chi connectivity index (χ2v) is 4.88. The van der Waals surface area contributed by atoms with Gasteiger partial charge in [0.2, 0.25) is 0 Å². The molecule has 0 unspecified atom stereocenters. The highest BCUT2D eigenvalue weighted by Gasteiger charge is 2.12. The van der Waals surface area contributed by atoms with Crippen molar-refractivity contribution in [1.82, 2.24) is 0 Å². The van der Waals surface area contributed by atoms with Crippen LogP contribution in [0.2, 0.25) is 10.0 Å². The molecule has 0 heterocycles. The highest BCUT2D eigenvalue weighted by Crippen LogP contribution is 2.32. The molecule has 3 N–H and O–H groups in total. The van der Waals surface area contributed by atoms with Crippen LogP contribution in [0.4, 0.5) is 11.4 Å². The molecule has 0 aromatic heterocycles. The SMILES string of the molecule is COc1cccc(C(=O)Nc2c(N)cc(Cl)cc2Cl)c1. The summed E-state index contributed by atoms with van der Waals surface area (Å²) in [6, 6.07) is 9.80. The Morgan fingerprint density at radius 2 is 2.00 bits per heavy atom. The van der Waals surface area contributed by atoms with Crippen molar-refractivity contribution in [2.24, 2.45) is 0 Å². The van der Waals surface area contributed by atoms with Crippen LogP contribution in [-0.2, 0) is 0 Å². The summed E-state index contributed by atoms with van der Waals surface area (Å²) >= 11 is 11.8. The molecule has 20 heavy (non-hydrogen) atoms. The van der Waals surface area contributed by atoms with Gasteiger partial charge in [0.05, 0.1) is 23.5 Å². The minimum Gasteiger partial charge on any atom is -0.497 e. The summed E-state index contributed by atoms with van der Waals surface area (Å²) in [5.41, 5.74) is 6.88. The van der Waals surface area contributed by atoms with Crippen LogP contribution in [0, 0.1) is 0 Å². The first-order valence-electron chi connectivity index (χ1n) is 5.71. The van der Waals surface area contributed by atoms with Gasteiger partial charge >= 0.3 is 0 Å². The van der Waals surface area contributed by atoms with Crippen LogP contribution in [0.25, 0.3) is 0 Å². The number of carbonyl (C=O) groups excluding carboxylic acids is 1. The molecular weight excluding hydrogens is 299 g/mol. The normalized spacial score (nSPS) is 10.2. The third kappa shape index (κ3) is 3.15. The first-order valence-corrected chi connectivity index (χ1v) is 6.47. The fraction of sp³-hybridized carbons (Fsp3) is 0.0714. The van der Waals surface area contributed by atoms with Gasteiger partial charge in [0.15, 0.2) is 0 Å². The molecular formula is C14H12Cl2N2O2. The molecule has 1 amide bonds. The number of nitrogens with one attached hydrogen (secondary N) is 1. The summed E-state index contributed by atoms with van der Waals surface area (Å²) in [5.74, 6) is 0.257. The minimum absolute atomic E-state index is 0.284. The number of nitrogens with two attached hydrogens (primary N) is 1. The van der Waals surface area contributed by atoms with E-state index in [0.717, 1.165) is 0 Å². The Bertz CT molecular complexity index is 636. The molecule has 0 aliphatic rings. The van der Waals surface area contributed by atoms with Gasteiger partial charge in [-0.15, -0.1) is 0 Å². The summed E-state index contributed by atoms with van der Waals surface area (Å²) in [6.45, 7) is 0. The summed E-state index contributed by atoms with van der Waals surface area (Å²) in [5, 5.41) is 3.36. The van der Waals surface area contributed by atoms with E-state index >= 15 is 0 Å². The summed E-state index contributed by atoms with van der Waals surface area (Å²) in [6.07, 6.45) is 0. The summed E-state index contributed by atoms with van der Waals surface area (Å²) < 4.78 is 5.07. The maximum Gasteiger partial charge on any atom is 0.255 e. The molecule has 0 saturated heterocycles. The lowest BCUT2D eigenvalue weighted by Crippen LogP contribution is -2.13. The molecule has 0 atom stereocenters. The number of amides is 1. The van der Waals surface area contributed by atoms with Gasteiger partial charge in [0.25, 0.3) is 5.91 Å². The number of anilines is 2. The smallest absolute Gasteiger partial charge is 0.255 e. The summed E-state index contributed by atoms with van der Waals surface area (Å²) in [7, 11) is 1.53. The van der Waals surface area contributed by atoms with E-state index < -0.39 is 0 Å². The highest BCUT2D eigenvalue weighted by molar-refractivity contribution is 6.37. The number of methoxy groups -OCH3 is 1. The van der Waals surface area contributed by atoms with Crippen molar-refractivity contribution in [1.29, 1.82) is 0 Å². The quantitative estimate of drug-likeness (QED) is 0.847. The molecule has 104 valence electrons. The van der Waals surface area contributed by atoms with E-state index in [1.807, 2.05) is 0 Å². The molecule has 2 aromatic carbocycles. The first kappa shape index (κ1) is 14.5. The lowest BCUT2D eigenvalue weighted by molar-refractivity contribution is 0.102. The minimum atomic E-state index is -0.333. The lowest BCUT2D eigenvalue weighted by atomic mass is 10.2. The first-order chi connectivity index (χ1) is 9.51. The van der Waals surface area contributed by atoms with Crippen LogP contribution < -0.4 is 15.8 Å². The van der Waals surface area contributed by atoms with Crippen LogP contribution in [0.1, 0.15) is 10.4 Å². The Balaban J connectivity index is 2.28. The maximum absolute atomic E-state index is 12.2. The number of halogens is 2. The number of ether oxygens (including phenoxy) is 1. The molecule has 6 heteroatoms. The number of benzene rings is 2. The van der Waals surface area contributed by atoms with Gasteiger partial charge in [0, 0.05) is 10.6 Å². The van der Waals surface area contributed by atoms with Gasteiger partial charge in [-0.05, 0) is 30.3 Å². The third-order valence-electron chi connectivity index (χ3n) is 2.66. The van der Waals surface area contributed by atoms with Crippen molar-refractivity contribution >= 4 is 40.5 Å². The van der Waals surface area contributed by atoms with E-state index in [9.17, 15) is 4.79 Å². The monoisotopic (exact) mass is 310 g/mol. The second kappa shape index (κ2) is 6.03. The van der Waals surface area contributed by atoms with Crippen LogP contribution in [-0.4, -0.2) is 13.0 Å². The van der Waals surface area contributed by atoms with Crippen molar-refractivity contribution in [3.8, 4) is 5.75 Å². The van der Waals surface area contributed by atoms with Crippen molar-refractivity contribution in [2.75, 3.05) is 18.2 Å². The van der Waals surface area contributed by atoms with Crippen molar-refractivity contribution in [3.63, 3.8) is 0 Å². The van der Waals surface area contributed by atoms with E-state index in [2.05, 4.69) is 5.32 Å². The Labute approximate surface area is 126 Å². The van der Waals surface area contributed by atoms with E-state index in [1.54, 1.807) is 24.3 Å². The fourth-order valence-corrected chi connectivity index (χ4v) is 2.23. The number of nitrogen functional groups attached to an aromatic ring is 1.